The van der Waals surface area contributed by atoms with Crippen molar-refractivity contribution in [2.24, 2.45) is 10.3 Å². The average molecular weight is 613 g/mol. The van der Waals surface area contributed by atoms with Crippen LogP contribution in [-0.2, 0) is 14.3 Å². The molecule has 250 valence electrons. The highest BCUT2D eigenvalue weighted by atomic mass is 32.1. The molecule has 0 heterocycles. The fourth-order valence-electron chi connectivity index (χ4n) is 4.23. The van der Waals surface area contributed by atoms with E-state index in [0.717, 1.165) is 50.5 Å². The first-order valence-electron chi connectivity index (χ1n) is 17.6. The lowest BCUT2D eigenvalue weighted by Crippen LogP contribution is -2.21. The molecule has 0 aromatic carbocycles. The molecule has 2 atom stereocenters. The standard InChI is InChI=1S/C19H38O2.C15H28N2OS.C2H6/c1-5-7-8-9-10-11-12-13-14-15-16-19(20)21-18(4)17(3)6-2;1-4-7-9-10-12-18-15(16)14(17-19)13(6-3)11-8-5-2;1-2/h17-18H,5-16H2,1-4H3;11,16,19H,4-10,12H2,1-3H3;1-2H3/b;13-11+,16-15?,17-14-;. The Morgan fingerprint density at radius 3 is 1.74 bits per heavy atom. The molecule has 0 saturated heterocycles. The zero-order chi connectivity index (χ0) is 32.4. The van der Waals surface area contributed by atoms with Crippen molar-refractivity contribution in [2.75, 3.05) is 6.61 Å². The van der Waals surface area contributed by atoms with Crippen molar-refractivity contribution in [2.45, 2.75) is 190 Å². The highest BCUT2D eigenvalue weighted by molar-refractivity contribution is 7.79. The van der Waals surface area contributed by atoms with Crippen LogP contribution in [0.4, 0.5) is 0 Å². The number of nitrogens with one attached hydrogen (secondary N) is 1. The molecule has 0 rings (SSSR count). The third-order valence-electron chi connectivity index (χ3n) is 7.42. The molecule has 0 saturated carbocycles. The quantitative estimate of drug-likeness (QED) is 0.0374. The Labute approximate surface area is 268 Å². The van der Waals surface area contributed by atoms with E-state index in [9.17, 15) is 4.79 Å². The van der Waals surface area contributed by atoms with E-state index in [2.05, 4.69) is 64.8 Å². The molecular weight excluding hydrogens is 540 g/mol. The molecule has 0 bridgehead atoms. The van der Waals surface area contributed by atoms with Crippen LogP contribution in [0.25, 0.3) is 0 Å². The average Bonchev–Trinajstić information content (AvgIpc) is 3.00. The van der Waals surface area contributed by atoms with Crippen LogP contribution in [0.5, 0.6) is 0 Å². The molecule has 0 fully saturated rings. The van der Waals surface area contributed by atoms with Crippen molar-refractivity contribution in [1.29, 1.82) is 5.41 Å². The van der Waals surface area contributed by atoms with E-state index in [1.807, 2.05) is 20.8 Å². The third-order valence-corrected chi connectivity index (χ3v) is 7.62. The number of allylic oxidation sites excluding steroid dienone is 1. The maximum atomic E-state index is 11.7. The van der Waals surface area contributed by atoms with Gasteiger partial charge in [0.05, 0.1) is 6.61 Å². The Hall–Kier alpha value is -1.30. The molecule has 0 aromatic heterocycles. The lowest BCUT2D eigenvalue weighted by molar-refractivity contribution is -0.150. The first-order chi connectivity index (χ1) is 20.3. The van der Waals surface area contributed by atoms with Gasteiger partial charge < -0.3 is 9.47 Å². The molecule has 0 aromatic rings. The summed E-state index contributed by atoms with van der Waals surface area (Å²) in [4.78, 5) is 11.7. The Morgan fingerprint density at radius 1 is 0.786 bits per heavy atom. The number of ether oxygens (including phenoxy) is 2. The minimum Gasteiger partial charge on any atom is -0.477 e. The number of rotatable bonds is 24. The predicted molar refractivity (Wildman–Crippen MR) is 190 cm³/mol. The monoisotopic (exact) mass is 613 g/mol. The van der Waals surface area contributed by atoms with Gasteiger partial charge >= 0.3 is 5.97 Å². The van der Waals surface area contributed by atoms with E-state index in [0.29, 0.717) is 24.7 Å². The molecule has 5 nitrogen and oxygen atoms in total. The lowest BCUT2D eigenvalue weighted by Gasteiger charge is -2.18. The number of hydrogen-bond donors (Lipinski definition) is 2. The maximum absolute atomic E-state index is 11.7. The molecule has 0 amide bonds. The molecule has 1 N–H and O–H groups in total. The van der Waals surface area contributed by atoms with Crippen molar-refractivity contribution in [3.05, 3.63) is 11.6 Å². The highest BCUT2D eigenvalue weighted by Gasteiger charge is 2.15. The van der Waals surface area contributed by atoms with E-state index in [-0.39, 0.29) is 18.0 Å². The second-order valence-electron chi connectivity index (χ2n) is 11.1. The second kappa shape index (κ2) is 35.9. The van der Waals surface area contributed by atoms with Gasteiger partial charge in [-0.1, -0.05) is 151 Å². The minimum absolute atomic E-state index is 0.0117. The van der Waals surface area contributed by atoms with Gasteiger partial charge in [-0.25, -0.2) is 4.40 Å². The first-order valence-corrected chi connectivity index (χ1v) is 18.0. The summed E-state index contributed by atoms with van der Waals surface area (Å²) in [7, 11) is 0. The summed E-state index contributed by atoms with van der Waals surface area (Å²) in [5.41, 5.74) is 1.63. The number of hydrogen-bond acceptors (Lipinski definition) is 6. The van der Waals surface area contributed by atoms with E-state index in [4.69, 9.17) is 14.9 Å². The molecule has 2 unspecified atom stereocenters. The minimum atomic E-state index is -0.0117. The van der Waals surface area contributed by atoms with E-state index in [1.165, 1.54) is 70.6 Å². The summed E-state index contributed by atoms with van der Waals surface area (Å²) in [6.45, 7) is 19.5. The number of esters is 1. The summed E-state index contributed by atoms with van der Waals surface area (Å²) in [6, 6.07) is 0. The second-order valence-corrected chi connectivity index (χ2v) is 11.3. The molecule has 42 heavy (non-hydrogen) atoms. The topological polar surface area (TPSA) is 71.7 Å². The van der Waals surface area contributed by atoms with Gasteiger partial charge in [0, 0.05) is 6.42 Å². The zero-order valence-corrected chi connectivity index (χ0v) is 30.4. The SMILES string of the molecule is CC.CCC/C=C(CC)/C(=N/S)C(=N)OCCCCCC.CCCCCCCCCCCCC(=O)OC(C)C(C)CC. The Kier molecular flexibility index (Phi) is 38.6. The van der Waals surface area contributed by atoms with Crippen LogP contribution in [0.1, 0.15) is 184 Å². The van der Waals surface area contributed by atoms with Crippen molar-refractivity contribution < 1.29 is 14.3 Å². The molecule has 0 aliphatic carbocycles. The van der Waals surface area contributed by atoms with Gasteiger partial charge in [-0.05, 0) is 56.9 Å². The van der Waals surface area contributed by atoms with Gasteiger partial charge in [-0.15, -0.1) is 0 Å². The lowest BCUT2D eigenvalue weighted by atomic mass is 10.0. The maximum Gasteiger partial charge on any atom is 0.306 e. The number of carbonyl (C=O) groups is 1. The van der Waals surface area contributed by atoms with Gasteiger partial charge in [0.2, 0.25) is 5.90 Å². The fraction of sp³-hybridized carbons (Fsp3) is 0.861. The number of carbonyl (C=O) groups excluding carboxylic acids is 1. The smallest absolute Gasteiger partial charge is 0.306 e. The molecule has 6 heteroatoms. The van der Waals surface area contributed by atoms with E-state index in [1.54, 1.807) is 0 Å². The van der Waals surface area contributed by atoms with Crippen LogP contribution < -0.4 is 0 Å². The number of unbranched alkanes of at least 4 members (excludes halogenated alkanes) is 13. The van der Waals surface area contributed by atoms with Crippen LogP contribution in [-0.4, -0.2) is 30.3 Å². The summed E-state index contributed by atoms with van der Waals surface area (Å²) < 4.78 is 14.8. The van der Waals surface area contributed by atoms with Crippen LogP contribution in [0.3, 0.4) is 0 Å². The fourth-order valence-corrected chi connectivity index (χ4v) is 4.44. The van der Waals surface area contributed by atoms with Gasteiger partial charge in [-0.2, -0.15) is 0 Å². The van der Waals surface area contributed by atoms with Crippen molar-refractivity contribution in [3.8, 4) is 0 Å². The molecule has 0 spiro atoms. The number of nitrogens with zero attached hydrogens (tertiary/aromatic N) is 1. The molecular formula is C36H72N2O3S. The summed E-state index contributed by atoms with van der Waals surface area (Å²) in [5.74, 6) is 0.597. The van der Waals surface area contributed by atoms with Crippen molar-refractivity contribution in [3.63, 3.8) is 0 Å². The zero-order valence-electron chi connectivity index (χ0n) is 29.5. The number of thiol groups is 1. The van der Waals surface area contributed by atoms with Crippen LogP contribution >= 0.6 is 12.8 Å². The normalized spacial score (nSPS) is 12.8. The van der Waals surface area contributed by atoms with E-state index < -0.39 is 0 Å². The Bertz CT molecular complexity index is 664. The van der Waals surface area contributed by atoms with Crippen molar-refractivity contribution >= 4 is 30.4 Å². The van der Waals surface area contributed by atoms with Gasteiger partial charge in [0.15, 0.2) is 0 Å². The van der Waals surface area contributed by atoms with Crippen molar-refractivity contribution in [1.82, 2.24) is 0 Å². The first kappa shape index (κ1) is 45.1. The van der Waals surface area contributed by atoms with Gasteiger partial charge in [0.1, 0.15) is 11.8 Å². The van der Waals surface area contributed by atoms with Gasteiger partial charge in [-0.3, -0.25) is 10.2 Å². The van der Waals surface area contributed by atoms with Crippen LogP contribution in [0.15, 0.2) is 16.0 Å². The third kappa shape index (κ3) is 28.8. The predicted octanol–water partition coefficient (Wildman–Crippen LogP) is 12.3. The summed E-state index contributed by atoms with van der Waals surface area (Å²) in [5, 5.41) is 7.95. The molecule has 0 aliphatic rings. The summed E-state index contributed by atoms with van der Waals surface area (Å²) >= 11 is 3.98. The molecule has 0 aliphatic heterocycles. The highest BCUT2D eigenvalue weighted by Crippen LogP contribution is 2.14. The summed E-state index contributed by atoms with van der Waals surface area (Å²) in [6.07, 6.45) is 24.4. The molecule has 0 radical (unpaired) electrons. The largest absolute Gasteiger partial charge is 0.477 e. The van der Waals surface area contributed by atoms with Crippen LogP contribution in [0.2, 0.25) is 0 Å². The Morgan fingerprint density at radius 2 is 1.29 bits per heavy atom. The van der Waals surface area contributed by atoms with E-state index >= 15 is 0 Å². The van der Waals surface area contributed by atoms with Gasteiger partial charge in [0.25, 0.3) is 0 Å². The van der Waals surface area contributed by atoms with Crippen LogP contribution in [0, 0.1) is 11.3 Å². The Balaban J connectivity index is -0.000000686.